The summed E-state index contributed by atoms with van der Waals surface area (Å²) < 4.78 is 33.5. The fraction of sp³-hybridized carbons (Fsp3) is 0.538. The lowest BCUT2D eigenvalue weighted by Crippen LogP contribution is -2.29. The van der Waals surface area contributed by atoms with Gasteiger partial charge in [-0.2, -0.15) is 14.8 Å². The van der Waals surface area contributed by atoms with Crippen molar-refractivity contribution < 1.29 is 13.2 Å². The van der Waals surface area contributed by atoms with E-state index < -0.39 is 16.1 Å². The van der Waals surface area contributed by atoms with E-state index in [1.165, 1.54) is 30.5 Å². The molecule has 2 heterocycles. The highest BCUT2D eigenvalue weighted by Crippen LogP contribution is 2.13. The number of anilines is 1. The third-order valence-corrected chi connectivity index (χ3v) is 4.31. The molecule has 0 saturated carbocycles. The zero-order valence-corrected chi connectivity index (χ0v) is 14.1. The maximum absolute atomic E-state index is 12.3. The lowest BCUT2D eigenvalue weighted by atomic mass is 10.1. The molecule has 23 heavy (non-hydrogen) atoms. The van der Waals surface area contributed by atoms with Crippen molar-refractivity contribution >= 4 is 16.0 Å². The van der Waals surface area contributed by atoms with Crippen molar-refractivity contribution in [1.82, 2.24) is 24.7 Å². The van der Waals surface area contributed by atoms with Gasteiger partial charge < -0.3 is 4.74 Å². The van der Waals surface area contributed by atoms with Crippen LogP contribution in [-0.4, -0.2) is 52.1 Å². The molecule has 0 saturated heterocycles. The standard InChI is InChI=1S/C13H20N6O3S/c1-10(2)7-11(22-3)8-23(20,21)18-13-16-9-17-19(13)12-14-5-4-6-15-12/h4-6,9-11H,7-8H2,1-3H3,(H,16,17,18). The molecule has 0 bridgehead atoms. The predicted molar refractivity (Wildman–Crippen MR) is 84.6 cm³/mol. The smallest absolute Gasteiger partial charge is 0.253 e. The first-order valence-corrected chi connectivity index (χ1v) is 8.77. The van der Waals surface area contributed by atoms with Crippen molar-refractivity contribution in [2.24, 2.45) is 5.92 Å². The van der Waals surface area contributed by atoms with Gasteiger partial charge in [-0.1, -0.05) is 13.8 Å². The number of hydrogen-bond donors (Lipinski definition) is 1. The van der Waals surface area contributed by atoms with Gasteiger partial charge in [0, 0.05) is 19.5 Å². The van der Waals surface area contributed by atoms with Crippen molar-refractivity contribution in [2.75, 3.05) is 17.6 Å². The average Bonchev–Trinajstić information content (AvgIpc) is 2.94. The maximum Gasteiger partial charge on any atom is 0.253 e. The molecule has 2 rings (SSSR count). The molecule has 2 aromatic heterocycles. The molecule has 0 radical (unpaired) electrons. The summed E-state index contributed by atoms with van der Waals surface area (Å²) in [6.07, 6.45) is 4.55. The molecule has 0 aliphatic rings. The summed E-state index contributed by atoms with van der Waals surface area (Å²) in [5, 5.41) is 3.94. The van der Waals surface area contributed by atoms with Crippen molar-refractivity contribution in [2.45, 2.75) is 26.4 Å². The molecule has 0 amide bonds. The van der Waals surface area contributed by atoms with Crippen LogP contribution in [0.2, 0.25) is 0 Å². The molecule has 0 aliphatic heterocycles. The second-order valence-electron chi connectivity index (χ2n) is 5.41. The second-order valence-corrected chi connectivity index (χ2v) is 7.18. The summed E-state index contributed by atoms with van der Waals surface area (Å²) in [6.45, 7) is 4.02. The Balaban J connectivity index is 2.14. The Morgan fingerprint density at radius 2 is 1.96 bits per heavy atom. The van der Waals surface area contributed by atoms with Crippen LogP contribution in [-0.2, 0) is 14.8 Å². The van der Waals surface area contributed by atoms with Gasteiger partial charge in [-0.25, -0.2) is 18.4 Å². The molecule has 0 spiro atoms. The number of rotatable bonds is 8. The Morgan fingerprint density at radius 1 is 1.26 bits per heavy atom. The quantitative estimate of drug-likeness (QED) is 0.758. The van der Waals surface area contributed by atoms with Crippen molar-refractivity contribution in [3.63, 3.8) is 0 Å². The molecule has 126 valence electrons. The highest BCUT2D eigenvalue weighted by atomic mass is 32.2. The number of sulfonamides is 1. The maximum atomic E-state index is 12.3. The molecule has 1 atom stereocenters. The van der Waals surface area contributed by atoms with Crippen LogP contribution in [0, 0.1) is 5.92 Å². The van der Waals surface area contributed by atoms with Gasteiger partial charge in [0.05, 0.1) is 11.9 Å². The van der Waals surface area contributed by atoms with Gasteiger partial charge in [-0.05, 0) is 18.4 Å². The van der Waals surface area contributed by atoms with Crippen LogP contribution in [0.25, 0.3) is 5.95 Å². The van der Waals surface area contributed by atoms with Crippen molar-refractivity contribution in [1.29, 1.82) is 0 Å². The van der Waals surface area contributed by atoms with Gasteiger partial charge in [-0.3, -0.25) is 4.72 Å². The molecule has 0 aromatic carbocycles. The summed E-state index contributed by atoms with van der Waals surface area (Å²) in [7, 11) is -2.14. The van der Waals surface area contributed by atoms with E-state index in [-0.39, 0.29) is 17.6 Å². The lowest BCUT2D eigenvalue weighted by molar-refractivity contribution is 0.102. The Bertz CT molecular complexity index is 716. The van der Waals surface area contributed by atoms with Gasteiger partial charge in [0.15, 0.2) is 0 Å². The van der Waals surface area contributed by atoms with Crippen LogP contribution in [0.4, 0.5) is 5.95 Å². The number of aromatic nitrogens is 5. The van der Waals surface area contributed by atoms with Crippen LogP contribution < -0.4 is 4.72 Å². The average molecular weight is 340 g/mol. The van der Waals surface area contributed by atoms with E-state index in [9.17, 15) is 8.42 Å². The summed E-state index contributed by atoms with van der Waals surface area (Å²) in [6, 6.07) is 1.65. The Morgan fingerprint density at radius 3 is 2.57 bits per heavy atom. The van der Waals surface area contributed by atoms with E-state index in [0.29, 0.717) is 12.3 Å². The molecule has 1 unspecified atom stereocenters. The highest BCUT2D eigenvalue weighted by Gasteiger charge is 2.22. The van der Waals surface area contributed by atoms with E-state index in [1.54, 1.807) is 6.07 Å². The summed E-state index contributed by atoms with van der Waals surface area (Å²) in [5.74, 6) is 0.435. The van der Waals surface area contributed by atoms with Crippen LogP contribution in [0.3, 0.4) is 0 Å². The monoisotopic (exact) mass is 340 g/mol. The van der Waals surface area contributed by atoms with E-state index in [1.807, 2.05) is 13.8 Å². The molecular weight excluding hydrogens is 320 g/mol. The summed E-state index contributed by atoms with van der Waals surface area (Å²) in [5.41, 5.74) is 0. The normalized spacial score (nSPS) is 13.2. The summed E-state index contributed by atoms with van der Waals surface area (Å²) in [4.78, 5) is 11.9. The molecule has 0 fully saturated rings. The topological polar surface area (TPSA) is 112 Å². The van der Waals surface area contributed by atoms with Gasteiger partial charge in [0.1, 0.15) is 6.33 Å². The Labute approximate surface area is 135 Å². The van der Waals surface area contributed by atoms with Crippen molar-refractivity contribution in [3.05, 3.63) is 24.8 Å². The summed E-state index contributed by atoms with van der Waals surface area (Å²) >= 11 is 0. The minimum absolute atomic E-state index is 0.0376. The number of nitrogens with one attached hydrogen (secondary N) is 1. The predicted octanol–water partition coefficient (Wildman–Crippen LogP) is 0.860. The molecule has 0 aliphatic carbocycles. The largest absolute Gasteiger partial charge is 0.380 e. The molecule has 2 aromatic rings. The fourth-order valence-electron chi connectivity index (χ4n) is 2.04. The zero-order valence-electron chi connectivity index (χ0n) is 13.2. The molecular formula is C13H20N6O3S. The number of hydrogen-bond acceptors (Lipinski definition) is 7. The minimum Gasteiger partial charge on any atom is -0.380 e. The number of nitrogens with zero attached hydrogens (tertiary/aromatic N) is 5. The first-order valence-electron chi connectivity index (χ1n) is 7.12. The van der Waals surface area contributed by atoms with Crippen LogP contribution in [0.1, 0.15) is 20.3 Å². The molecule has 9 nitrogen and oxygen atoms in total. The lowest BCUT2D eigenvalue weighted by Gasteiger charge is -2.17. The molecule has 1 N–H and O–H groups in total. The minimum atomic E-state index is -3.65. The van der Waals surface area contributed by atoms with Crippen LogP contribution in [0.5, 0.6) is 0 Å². The second kappa shape index (κ2) is 7.47. The first-order chi connectivity index (χ1) is 10.9. The zero-order chi connectivity index (χ0) is 16.9. The highest BCUT2D eigenvalue weighted by molar-refractivity contribution is 7.92. The SMILES string of the molecule is COC(CC(C)C)CS(=O)(=O)Nc1ncnn1-c1ncccn1. The van der Waals surface area contributed by atoms with Crippen molar-refractivity contribution in [3.8, 4) is 5.95 Å². The van der Waals surface area contributed by atoms with E-state index in [2.05, 4.69) is 24.8 Å². The van der Waals surface area contributed by atoms with E-state index >= 15 is 0 Å². The van der Waals surface area contributed by atoms with Gasteiger partial charge >= 0.3 is 0 Å². The van der Waals surface area contributed by atoms with E-state index in [4.69, 9.17) is 4.74 Å². The first kappa shape index (κ1) is 17.3. The van der Waals surface area contributed by atoms with Gasteiger partial charge in [-0.15, -0.1) is 0 Å². The fourth-order valence-corrected chi connectivity index (χ4v) is 3.30. The third-order valence-electron chi connectivity index (χ3n) is 3.01. The van der Waals surface area contributed by atoms with Gasteiger partial charge in [0.25, 0.3) is 5.95 Å². The third kappa shape index (κ3) is 4.96. The number of methoxy groups -OCH3 is 1. The van der Waals surface area contributed by atoms with Gasteiger partial charge in [0.2, 0.25) is 16.0 Å². The molecule has 10 heteroatoms. The van der Waals surface area contributed by atoms with E-state index in [0.717, 1.165) is 0 Å². The van der Waals surface area contributed by atoms with Crippen LogP contribution >= 0.6 is 0 Å². The van der Waals surface area contributed by atoms with Crippen LogP contribution in [0.15, 0.2) is 24.8 Å². The Hall–Kier alpha value is -2.07. The number of ether oxygens (including phenoxy) is 1. The Kier molecular flexibility index (Phi) is 5.61.